The van der Waals surface area contributed by atoms with Crippen molar-refractivity contribution in [3.63, 3.8) is 0 Å². The molecule has 1 rings (SSSR count). The summed E-state index contributed by atoms with van der Waals surface area (Å²) in [6, 6.07) is 6.91. The van der Waals surface area contributed by atoms with Gasteiger partial charge in [-0.05, 0) is 24.1 Å². The molecule has 0 fully saturated rings. The van der Waals surface area contributed by atoms with Gasteiger partial charge in [0, 0.05) is 19.2 Å². The number of aldehydes is 1. The first kappa shape index (κ1) is 11.2. The SMILES string of the molecule is CN(C(N)=O)c1ccc(CCC=O)cc1. The van der Waals surface area contributed by atoms with Crippen molar-refractivity contribution in [3.8, 4) is 0 Å². The highest BCUT2D eigenvalue weighted by Crippen LogP contribution is 2.14. The van der Waals surface area contributed by atoms with Gasteiger partial charge in [0.1, 0.15) is 6.29 Å². The van der Waals surface area contributed by atoms with Gasteiger partial charge in [0.15, 0.2) is 0 Å². The molecule has 0 bridgehead atoms. The molecule has 0 spiro atoms. The van der Waals surface area contributed by atoms with Crippen molar-refractivity contribution in [2.24, 2.45) is 5.73 Å². The normalized spacial score (nSPS) is 9.67. The maximum absolute atomic E-state index is 10.9. The first-order chi connectivity index (χ1) is 7.15. The molecule has 0 aliphatic carbocycles. The van der Waals surface area contributed by atoms with E-state index in [9.17, 15) is 9.59 Å². The van der Waals surface area contributed by atoms with Crippen molar-refractivity contribution >= 4 is 18.0 Å². The number of primary amides is 1. The van der Waals surface area contributed by atoms with Crippen LogP contribution < -0.4 is 10.6 Å². The Bertz CT molecular complexity index is 346. The molecule has 1 aromatic rings. The van der Waals surface area contributed by atoms with Gasteiger partial charge in [-0.1, -0.05) is 12.1 Å². The first-order valence-electron chi connectivity index (χ1n) is 4.71. The van der Waals surface area contributed by atoms with E-state index < -0.39 is 6.03 Å². The molecule has 0 unspecified atom stereocenters. The molecule has 2 amide bonds. The van der Waals surface area contributed by atoms with E-state index in [0.717, 1.165) is 24.0 Å². The average molecular weight is 206 g/mol. The third-order valence-electron chi connectivity index (χ3n) is 2.21. The van der Waals surface area contributed by atoms with E-state index in [2.05, 4.69) is 0 Å². The van der Waals surface area contributed by atoms with Crippen LogP contribution in [-0.4, -0.2) is 19.4 Å². The predicted octanol–water partition coefficient (Wildman–Crippen LogP) is 1.33. The summed E-state index contributed by atoms with van der Waals surface area (Å²) < 4.78 is 0. The van der Waals surface area contributed by atoms with Crippen LogP contribution in [0.5, 0.6) is 0 Å². The molecule has 4 heteroatoms. The zero-order valence-corrected chi connectivity index (χ0v) is 8.64. The van der Waals surface area contributed by atoms with Crippen molar-refractivity contribution < 1.29 is 9.59 Å². The Morgan fingerprint density at radius 3 is 2.47 bits per heavy atom. The van der Waals surface area contributed by atoms with E-state index in [-0.39, 0.29) is 0 Å². The average Bonchev–Trinajstić information content (AvgIpc) is 2.26. The fraction of sp³-hybridized carbons (Fsp3) is 0.273. The number of aryl methyl sites for hydroxylation is 1. The Hall–Kier alpha value is -1.84. The van der Waals surface area contributed by atoms with Gasteiger partial charge in [-0.2, -0.15) is 0 Å². The van der Waals surface area contributed by atoms with Crippen LogP contribution in [-0.2, 0) is 11.2 Å². The van der Waals surface area contributed by atoms with Gasteiger partial charge in [-0.25, -0.2) is 4.79 Å². The summed E-state index contributed by atoms with van der Waals surface area (Å²) in [5.41, 5.74) is 6.95. The van der Waals surface area contributed by atoms with E-state index in [1.165, 1.54) is 4.90 Å². The summed E-state index contributed by atoms with van der Waals surface area (Å²) >= 11 is 0. The lowest BCUT2D eigenvalue weighted by Crippen LogP contribution is -2.31. The molecule has 0 aliphatic rings. The Kier molecular flexibility index (Phi) is 3.85. The van der Waals surface area contributed by atoms with E-state index in [1.807, 2.05) is 24.3 Å². The molecule has 80 valence electrons. The van der Waals surface area contributed by atoms with E-state index in [4.69, 9.17) is 5.73 Å². The number of anilines is 1. The quantitative estimate of drug-likeness (QED) is 0.755. The summed E-state index contributed by atoms with van der Waals surface area (Å²) in [7, 11) is 1.61. The van der Waals surface area contributed by atoms with Crippen molar-refractivity contribution in [2.45, 2.75) is 12.8 Å². The number of hydrogen-bond acceptors (Lipinski definition) is 2. The molecule has 1 aromatic carbocycles. The molecule has 0 saturated heterocycles. The first-order valence-corrected chi connectivity index (χ1v) is 4.71. The maximum atomic E-state index is 10.9. The number of nitrogens with zero attached hydrogens (tertiary/aromatic N) is 1. The van der Waals surface area contributed by atoms with Crippen LogP contribution in [0.2, 0.25) is 0 Å². The molecule has 0 aliphatic heterocycles. The van der Waals surface area contributed by atoms with Crippen LogP contribution in [0.25, 0.3) is 0 Å². The number of benzene rings is 1. The van der Waals surface area contributed by atoms with Gasteiger partial charge in [-0.3, -0.25) is 4.90 Å². The minimum atomic E-state index is -0.490. The summed E-state index contributed by atoms with van der Waals surface area (Å²) in [5.74, 6) is 0. The number of nitrogens with two attached hydrogens (primary N) is 1. The number of urea groups is 1. The van der Waals surface area contributed by atoms with Crippen LogP contribution in [0.15, 0.2) is 24.3 Å². The van der Waals surface area contributed by atoms with Crippen molar-refractivity contribution in [1.82, 2.24) is 0 Å². The molecular weight excluding hydrogens is 192 g/mol. The Morgan fingerprint density at radius 1 is 1.40 bits per heavy atom. The minimum Gasteiger partial charge on any atom is -0.351 e. The van der Waals surface area contributed by atoms with Gasteiger partial charge in [0.25, 0.3) is 0 Å². The Balaban J connectivity index is 2.71. The third kappa shape index (κ3) is 3.09. The molecular formula is C11H14N2O2. The van der Waals surface area contributed by atoms with Gasteiger partial charge in [0.05, 0.1) is 0 Å². The largest absolute Gasteiger partial charge is 0.351 e. The molecule has 4 nitrogen and oxygen atoms in total. The minimum absolute atomic E-state index is 0.490. The molecule has 0 atom stereocenters. The highest BCUT2D eigenvalue weighted by molar-refractivity contribution is 5.89. The maximum Gasteiger partial charge on any atom is 0.318 e. The van der Waals surface area contributed by atoms with Gasteiger partial charge < -0.3 is 10.5 Å². The number of rotatable bonds is 4. The second kappa shape index (κ2) is 5.14. The third-order valence-corrected chi connectivity index (χ3v) is 2.21. The lowest BCUT2D eigenvalue weighted by molar-refractivity contribution is -0.107. The monoisotopic (exact) mass is 206 g/mol. The lowest BCUT2D eigenvalue weighted by atomic mass is 10.1. The lowest BCUT2D eigenvalue weighted by Gasteiger charge is -2.14. The van der Waals surface area contributed by atoms with Gasteiger partial charge in [0.2, 0.25) is 0 Å². The van der Waals surface area contributed by atoms with Crippen LogP contribution in [0, 0.1) is 0 Å². The standard InChI is InChI=1S/C11H14N2O2/c1-13(11(12)15)10-6-4-9(5-7-10)3-2-8-14/h4-8H,2-3H2,1H3,(H2,12,15). The number of carbonyl (C=O) groups is 2. The van der Waals surface area contributed by atoms with Crippen LogP contribution in [0.1, 0.15) is 12.0 Å². The topological polar surface area (TPSA) is 63.4 Å². The van der Waals surface area contributed by atoms with Gasteiger partial charge >= 0.3 is 6.03 Å². The second-order valence-corrected chi connectivity index (χ2v) is 3.27. The summed E-state index contributed by atoms with van der Waals surface area (Å²) in [4.78, 5) is 22.4. The summed E-state index contributed by atoms with van der Waals surface area (Å²) in [5, 5.41) is 0. The zero-order valence-electron chi connectivity index (χ0n) is 8.64. The van der Waals surface area contributed by atoms with E-state index in [1.54, 1.807) is 7.05 Å². The Morgan fingerprint density at radius 2 is 2.00 bits per heavy atom. The highest BCUT2D eigenvalue weighted by Gasteiger charge is 2.05. The summed E-state index contributed by atoms with van der Waals surface area (Å²) in [6.45, 7) is 0. The van der Waals surface area contributed by atoms with Crippen molar-refractivity contribution in [3.05, 3.63) is 29.8 Å². The second-order valence-electron chi connectivity index (χ2n) is 3.27. The smallest absolute Gasteiger partial charge is 0.318 e. The van der Waals surface area contributed by atoms with E-state index in [0.29, 0.717) is 6.42 Å². The van der Waals surface area contributed by atoms with E-state index >= 15 is 0 Å². The van der Waals surface area contributed by atoms with Crippen LogP contribution in [0.4, 0.5) is 10.5 Å². The molecule has 0 aromatic heterocycles. The van der Waals surface area contributed by atoms with Crippen molar-refractivity contribution in [1.29, 1.82) is 0 Å². The number of hydrogen-bond donors (Lipinski definition) is 1. The molecule has 15 heavy (non-hydrogen) atoms. The predicted molar refractivity (Wildman–Crippen MR) is 58.8 cm³/mol. The number of amides is 2. The number of carbonyl (C=O) groups excluding carboxylic acids is 2. The molecule has 0 heterocycles. The molecule has 2 N–H and O–H groups in total. The summed E-state index contributed by atoms with van der Waals surface area (Å²) in [6.07, 6.45) is 2.14. The zero-order chi connectivity index (χ0) is 11.3. The van der Waals surface area contributed by atoms with Gasteiger partial charge in [-0.15, -0.1) is 0 Å². The fourth-order valence-electron chi connectivity index (χ4n) is 1.24. The van der Waals surface area contributed by atoms with Crippen molar-refractivity contribution in [2.75, 3.05) is 11.9 Å². The fourth-order valence-corrected chi connectivity index (χ4v) is 1.24. The molecule has 0 saturated carbocycles. The van der Waals surface area contributed by atoms with Crippen LogP contribution >= 0.6 is 0 Å². The Labute approximate surface area is 88.7 Å². The highest BCUT2D eigenvalue weighted by atomic mass is 16.2. The van der Waals surface area contributed by atoms with Crippen LogP contribution in [0.3, 0.4) is 0 Å². The molecule has 0 radical (unpaired) electrons.